The molecular weight excluding hydrogens is 280 g/mol. The summed E-state index contributed by atoms with van der Waals surface area (Å²) < 4.78 is 10.7. The Morgan fingerprint density at radius 2 is 2.14 bits per heavy atom. The SMILES string of the molecule is CCOC(=O)N1CC[C@@H](NC(C)c2ccccc2)[C@@H](OC)C1. The zero-order valence-corrected chi connectivity index (χ0v) is 13.6. The highest BCUT2D eigenvalue weighted by atomic mass is 16.6. The molecule has 5 heteroatoms. The number of hydrogen-bond acceptors (Lipinski definition) is 4. The van der Waals surface area contributed by atoms with Crippen LogP contribution >= 0.6 is 0 Å². The molecule has 1 aromatic carbocycles. The molecule has 1 aliphatic heterocycles. The third kappa shape index (κ3) is 4.21. The van der Waals surface area contributed by atoms with Gasteiger partial charge < -0.3 is 19.7 Å². The highest BCUT2D eigenvalue weighted by Crippen LogP contribution is 2.19. The molecule has 1 unspecified atom stereocenters. The molecule has 1 N–H and O–H groups in total. The van der Waals surface area contributed by atoms with Crippen molar-refractivity contribution in [2.75, 3.05) is 26.8 Å². The first-order chi connectivity index (χ1) is 10.7. The number of amides is 1. The molecule has 5 nitrogen and oxygen atoms in total. The van der Waals surface area contributed by atoms with E-state index in [0.717, 1.165) is 6.42 Å². The van der Waals surface area contributed by atoms with E-state index < -0.39 is 0 Å². The van der Waals surface area contributed by atoms with E-state index in [0.29, 0.717) is 19.7 Å². The van der Waals surface area contributed by atoms with Crippen LogP contribution in [0.3, 0.4) is 0 Å². The van der Waals surface area contributed by atoms with Crippen LogP contribution in [0.25, 0.3) is 0 Å². The van der Waals surface area contributed by atoms with E-state index in [1.54, 1.807) is 12.0 Å². The fourth-order valence-corrected chi connectivity index (χ4v) is 2.89. The number of likely N-dealkylation sites (tertiary alicyclic amines) is 1. The number of nitrogens with one attached hydrogen (secondary N) is 1. The van der Waals surface area contributed by atoms with Crippen molar-refractivity contribution in [3.05, 3.63) is 35.9 Å². The zero-order valence-electron chi connectivity index (χ0n) is 13.6. The van der Waals surface area contributed by atoms with E-state index in [9.17, 15) is 4.79 Å². The van der Waals surface area contributed by atoms with Crippen molar-refractivity contribution >= 4 is 6.09 Å². The molecular formula is C17H26N2O3. The van der Waals surface area contributed by atoms with Gasteiger partial charge >= 0.3 is 6.09 Å². The van der Waals surface area contributed by atoms with Gasteiger partial charge in [0.15, 0.2) is 0 Å². The van der Waals surface area contributed by atoms with Crippen LogP contribution in [0.2, 0.25) is 0 Å². The van der Waals surface area contributed by atoms with Gasteiger partial charge in [0.2, 0.25) is 0 Å². The number of carbonyl (C=O) groups is 1. The monoisotopic (exact) mass is 306 g/mol. The van der Waals surface area contributed by atoms with Gasteiger partial charge in [-0.2, -0.15) is 0 Å². The van der Waals surface area contributed by atoms with Crippen molar-refractivity contribution in [2.24, 2.45) is 0 Å². The van der Waals surface area contributed by atoms with Gasteiger partial charge in [-0.05, 0) is 25.8 Å². The normalized spacial score (nSPS) is 23.1. The molecule has 2 rings (SSSR count). The van der Waals surface area contributed by atoms with Crippen LogP contribution in [0, 0.1) is 0 Å². The van der Waals surface area contributed by atoms with Crippen LogP contribution in [0.5, 0.6) is 0 Å². The molecule has 0 spiro atoms. The summed E-state index contributed by atoms with van der Waals surface area (Å²) in [6.07, 6.45) is 0.581. The first-order valence-corrected chi connectivity index (χ1v) is 7.91. The molecule has 0 aromatic heterocycles. The van der Waals surface area contributed by atoms with Crippen LogP contribution < -0.4 is 5.32 Å². The van der Waals surface area contributed by atoms with Gasteiger partial charge in [0.25, 0.3) is 0 Å². The number of benzene rings is 1. The minimum atomic E-state index is -0.251. The van der Waals surface area contributed by atoms with Crippen molar-refractivity contribution in [3.8, 4) is 0 Å². The van der Waals surface area contributed by atoms with E-state index in [4.69, 9.17) is 9.47 Å². The van der Waals surface area contributed by atoms with Gasteiger partial charge in [0.05, 0.1) is 19.3 Å². The molecule has 1 aromatic rings. The molecule has 122 valence electrons. The number of hydrogen-bond donors (Lipinski definition) is 1. The maximum absolute atomic E-state index is 11.8. The molecule has 0 saturated carbocycles. The second-order valence-corrected chi connectivity index (χ2v) is 5.61. The molecule has 1 fully saturated rings. The first-order valence-electron chi connectivity index (χ1n) is 7.91. The van der Waals surface area contributed by atoms with Crippen molar-refractivity contribution < 1.29 is 14.3 Å². The van der Waals surface area contributed by atoms with Gasteiger partial charge in [-0.25, -0.2) is 4.79 Å². The number of carbonyl (C=O) groups excluding carboxylic acids is 1. The third-order valence-corrected chi connectivity index (χ3v) is 4.15. The summed E-state index contributed by atoms with van der Waals surface area (Å²) in [6.45, 7) is 5.63. The fourth-order valence-electron chi connectivity index (χ4n) is 2.89. The molecule has 0 bridgehead atoms. The minimum absolute atomic E-state index is 0.0238. The molecule has 1 aliphatic rings. The van der Waals surface area contributed by atoms with E-state index >= 15 is 0 Å². The Kier molecular flexibility index (Phi) is 6.21. The van der Waals surface area contributed by atoms with Crippen molar-refractivity contribution in [1.29, 1.82) is 0 Å². The third-order valence-electron chi connectivity index (χ3n) is 4.15. The van der Waals surface area contributed by atoms with Gasteiger partial charge in [0.1, 0.15) is 0 Å². The van der Waals surface area contributed by atoms with Crippen LogP contribution in [0.15, 0.2) is 30.3 Å². The number of nitrogens with zero attached hydrogens (tertiary/aromatic N) is 1. The van der Waals surface area contributed by atoms with Gasteiger partial charge in [-0.15, -0.1) is 0 Å². The molecule has 1 amide bonds. The lowest BCUT2D eigenvalue weighted by molar-refractivity contribution is 0.00143. The molecule has 22 heavy (non-hydrogen) atoms. The van der Waals surface area contributed by atoms with Gasteiger partial charge in [-0.1, -0.05) is 30.3 Å². The van der Waals surface area contributed by atoms with E-state index in [1.807, 2.05) is 25.1 Å². The van der Waals surface area contributed by atoms with Crippen LogP contribution in [-0.2, 0) is 9.47 Å². The Morgan fingerprint density at radius 3 is 2.77 bits per heavy atom. The van der Waals surface area contributed by atoms with E-state index in [-0.39, 0.29) is 24.3 Å². The molecule has 1 saturated heterocycles. The second kappa shape index (κ2) is 8.15. The summed E-state index contributed by atoms with van der Waals surface area (Å²) >= 11 is 0. The van der Waals surface area contributed by atoms with E-state index in [2.05, 4.69) is 24.4 Å². The standard InChI is InChI=1S/C17H26N2O3/c1-4-22-17(20)19-11-10-15(16(12-19)21-3)18-13(2)14-8-6-5-7-9-14/h5-9,13,15-16,18H,4,10-12H2,1-3H3/t13?,15-,16+/m1/s1. The van der Waals surface area contributed by atoms with Crippen molar-refractivity contribution in [2.45, 2.75) is 38.5 Å². The summed E-state index contributed by atoms with van der Waals surface area (Å²) in [5.74, 6) is 0. The molecule has 0 radical (unpaired) electrons. The van der Waals surface area contributed by atoms with Crippen LogP contribution in [-0.4, -0.2) is 49.9 Å². The van der Waals surface area contributed by atoms with Crippen LogP contribution in [0.4, 0.5) is 4.79 Å². The Balaban J connectivity index is 1.93. The summed E-state index contributed by atoms with van der Waals surface area (Å²) in [7, 11) is 1.70. The van der Waals surface area contributed by atoms with E-state index in [1.165, 1.54) is 5.56 Å². The highest BCUT2D eigenvalue weighted by molar-refractivity contribution is 5.67. The summed E-state index contributed by atoms with van der Waals surface area (Å²) in [5.41, 5.74) is 1.25. The Hall–Kier alpha value is -1.59. The lowest BCUT2D eigenvalue weighted by atomic mass is 9.99. The van der Waals surface area contributed by atoms with Gasteiger partial charge in [0, 0.05) is 25.7 Å². The fraction of sp³-hybridized carbons (Fsp3) is 0.588. The summed E-state index contributed by atoms with van der Waals surface area (Å²) in [4.78, 5) is 13.6. The average Bonchev–Trinajstić information content (AvgIpc) is 2.56. The topological polar surface area (TPSA) is 50.8 Å². The summed E-state index contributed by atoms with van der Waals surface area (Å²) in [6, 6.07) is 10.8. The van der Waals surface area contributed by atoms with Gasteiger partial charge in [-0.3, -0.25) is 0 Å². The number of piperidine rings is 1. The highest BCUT2D eigenvalue weighted by Gasteiger charge is 2.32. The van der Waals surface area contributed by atoms with Crippen LogP contribution in [0.1, 0.15) is 31.9 Å². The molecule has 1 heterocycles. The zero-order chi connectivity index (χ0) is 15.9. The number of rotatable bonds is 5. The maximum Gasteiger partial charge on any atom is 0.409 e. The molecule has 0 aliphatic carbocycles. The second-order valence-electron chi connectivity index (χ2n) is 5.61. The van der Waals surface area contributed by atoms with Crippen molar-refractivity contribution in [1.82, 2.24) is 10.2 Å². The van der Waals surface area contributed by atoms with Crippen molar-refractivity contribution in [3.63, 3.8) is 0 Å². The lowest BCUT2D eigenvalue weighted by Gasteiger charge is -2.38. The Bertz CT molecular complexity index is 466. The molecule has 3 atom stereocenters. The maximum atomic E-state index is 11.8. The first kappa shape index (κ1) is 16.8. The number of ether oxygens (including phenoxy) is 2. The minimum Gasteiger partial charge on any atom is -0.450 e. The number of methoxy groups -OCH3 is 1. The predicted molar refractivity (Wildman–Crippen MR) is 85.8 cm³/mol. The quantitative estimate of drug-likeness (QED) is 0.908. The summed E-state index contributed by atoms with van der Waals surface area (Å²) in [5, 5.41) is 3.62. The lowest BCUT2D eigenvalue weighted by Crippen LogP contribution is -2.55. The smallest absolute Gasteiger partial charge is 0.409 e. The predicted octanol–water partition coefficient (Wildman–Crippen LogP) is 2.58. The Labute approximate surface area is 132 Å². The average molecular weight is 306 g/mol. The largest absolute Gasteiger partial charge is 0.450 e. The Morgan fingerprint density at radius 1 is 1.41 bits per heavy atom.